The Labute approximate surface area is 191 Å². The lowest BCUT2D eigenvalue weighted by molar-refractivity contribution is -0.135. The highest BCUT2D eigenvalue weighted by Gasteiger charge is 2.61. The second kappa shape index (κ2) is 8.47. The summed E-state index contributed by atoms with van der Waals surface area (Å²) < 4.78 is 0. The van der Waals surface area contributed by atoms with Gasteiger partial charge in [0.2, 0.25) is 0 Å². The van der Waals surface area contributed by atoms with E-state index in [9.17, 15) is 9.90 Å². The van der Waals surface area contributed by atoms with Gasteiger partial charge in [-0.05, 0) is 118 Å². The van der Waals surface area contributed by atoms with Crippen LogP contribution in [-0.2, 0) is 4.79 Å². The SMILES string of the molecule is C=C(C)[C@@H](CC)CC[C@@H](C)[C@H]1CC[C@H]2[C@@H]3C(=O)C=C4C[C@@H](O)CC[C@]4(C)[C@H]3CC[C@]12C. The largest absolute Gasteiger partial charge is 0.393 e. The van der Waals surface area contributed by atoms with Crippen LogP contribution in [0, 0.1) is 46.3 Å². The Kier molecular flexibility index (Phi) is 6.36. The van der Waals surface area contributed by atoms with Gasteiger partial charge in [0, 0.05) is 5.92 Å². The topological polar surface area (TPSA) is 37.3 Å². The van der Waals surface area contributed by atoms with Gasteiger partial charge in [-0.25, -0.2) is 0 Å². The molecule has 0 saturated heterocycles. The maximum atomic E-state index is 13.5. The molecule has 4 aliphatic rings. The minimum Gasteiger partial charge on any atom is -0.393 e. The molecule has 0 aromatic heterocycles. The second-order valence-electron chi connectivity index (χ2n) is 12.4. The molecule has 3 saturated carbocycles. The Morgan fingerprint density at radius 1 is 1.16 bits per heavy atom. The van der Waals surface area contributed by atoms with Crippen molar-refractivity contribution in [1.29, 1.82) is 0 Å². The van der Waals surface area contributed by atoms with E-state index >= 15 is 0 Å². The molecule has 0 amide bonds. The van der Waals surface area contributed by atoms with E-state index in [-0.39, 0.29) is 17.4 Å². The molecule has 0 spiro atoms. The van der Waals surface area contributed by atoms with Crippen LogP contribution in [0.25, 0.3) is 0 Å². The fraction of sp³-hybridized carbons (Fsp3) is 0.828. The molecule has 1 N–H and O–H groups in total. The minimum atomic E-state index is -0.250. The second-order valence-corrected chi connectivity index (χ2v) is 12.4. The van der Waals surface area contributed by atoms with E-state index in [2.05, 4.69) is 41.2 Å². The molecular weight excluding hydrogens is 380 g/mol. The maximum absolute atomic E-state index is 13.5. The smallest absolute Gasteiger partial charge is 0.159 e. The molecule has 174 valence electrons. The first-order valence-corrected chi connectivity index (χ1v) is 13.2. The molecule has 31 heavy (non-hydrogen) atoms. The van der Waals surface area contributed by atoms with Crippen molar-refractivity contribution in [3.05, 3.63) is 23.8 Å². The molecule has 0 aromatic rings. The number of rotatable bonds is 6. The van der Waals surface area contributed by atoms with Crippen LogP contribution < -0.4 is 0 Å². The summed E-state index contributed by atoms with van der Waals surface area (Å²) in [6.45, 7) is 16.1. The minimum absolute atomic E-state index is 0.138. The lowest BCUT2D eigenvalue weighted by Crippen LogP contribution is -2.53. The van der Waals surface area contributed by atoms with Crippen molar-refractivity contribution in [1.82, 2.24) is 0 Å². The van der Waals surface area contributed by atoms with Crippen molar-refractivity contribution < 1.29 is 9.90 Å². The standard InChI is InChI=1S/C29H46O2/c1-7-20(18(2)3)9-8-19(4)23-10-11-24-27-25(13-15-29(23,24)6)28(5)14-12-22(30)16-21(28)17-26(27)31/h17,19-20,22-25,27,30H,2,7-16H2,1,3-6H3/t19-,20+,22+,23-,24+,25+,27+,28+,29-/m1/s1. The third-order valence-electron chi connectivity index (χ3n) is 10.8. The van der Waals surface area contributed by atoms with E-state index in [1.807, 2.05) is 6.08 Å². The summed E-state index contributed by atoms with van der Waals surface area (Å²) in [5, 5.41) is 10.2. The van der Waals surface area contributed by atoms with Crippen LogP contribution in [0.3, 0.4) is 0 Å². The van der Waals surface area contributed by atoms with Gasteiger partial charge in [-0.1, -0.05) is 45.4 Å². The summed E-state index contributed by atoms with van der Waals surface area (Å²) in [6.07, 6.45) is 13.2. The van der Waals surface area contributed by atoms with E-state index in [1.54, 1.807) is 0 Å². The number of hydrogen-bond acceptors (Lipinski definition) is 2. The summed E-state index contributed by atoms with van der Waals surface area (Å²) in [5.74, 6) is 3.80. The Hall–Kier alpha value is -0.890. The number of hydrogen-bond donors (Lipinski definition) is 1. The fourth-order valence-electron chi connectivity index (χ4n) is 8.82. The van der Waals surface area contributed by atoms with Crippen LogP contribution in [0.5, 0.6) is 0 Å². The van der Waals surface area contributed by atoms with Gasteiger partial charge in [0.25, 0.3) is 0 Å². The molecule has 4 aliphatic carbocycles. The zero-order valence-corrected chi connectivity index (χ0v) is 20.8. The molecule has 0 radical (unpaired) electrons. The van der Waals surface area contributed by atoms with Crippen molar-refractivity contribution in [3.63, 3.8) is 0 Å². The Morgan fingerprint density at radius 3 is 2.58 bits per heavy atom. The molecule has 9 atom stereocenters. The van der Waals surface area contributed by atoms with Gasteiger partial charge in [-0.15, -0.1) is 0 Å². The number of fused-ring (bicyclic) bond motifs is 5. The normalized spacial score (nSPS) is 44.0. The average Bonchev–Trinajstić information content (AvgIpc) is 3.06. The lowest BCUT2D eigenvalue weighted by Gasteiger charge is -2.57. The summed E-state index contributed by atoms with van der Waals surface area (Å²) in [7, 11) is 0. The summed E-state index contributed by atoms with van der Waals surface area (Å²) in [6, 6.07) is 0. The summed E-state index contributed by atoms with van der Waals surface area (Å²) >= 11 is 0. The van der Waals surface area contributed by atoms with E-state index in [4.69, 9.17) is 0 Å². The summed E-state index contributed by atoms with van der Waals surface area (Å²) in [5.41, 5.74) is 3.05. The highest BCUT2D eigenvalue weighted by molar-refractivity contribution is 5.94. The number of carbonyl (C=O) groups excluding carboxylic acids is 1. The molecule has 2 heteroatoms. The highest BCUT2D eigenvalue weighted by atomic mass is 16.3. The van der Waals surface area contributed by atoms with Crippen molar-refractivity contribution in [2.24, 2.45) is 46.3 Å². The van der Waals surface area contributed by atoms with Gasteiger partial charge in [0.15, 0.2) is 5.78 Å². The van der Waals surface area contributed by atoms with Crippen LogP contribution >= 0.6 is 0 Å². The molecule has 2 nitrogen and oxygen atoms in total. The first kappa shape index (κ1) is 23.3. The lowest BCUT2D eigenvalue weighted by atomic mass is 9.46. The van der Waals surface area contributed by atoms with Gasteiger partial charge in [0.05, 0.1) is 6.10 Å². The summed E-state index contributed by atoms with van der Waals surface area (Å²) in [4.78, 5) is 13.5. The third-order valence-corrected chi connectivity index (χ3v) is 10.8. The zero-order chi connectivity index (χ0) is 22.6. The van der Waals surface area contributed by atoms with Gasteiger partial charge in [0.1, 0.15) is 0 Å². The quantitative estimate of drug-likeness (QED) is 0.459. The molecule has 3 fully saturated rings. The Balaban J connectivity index is 1.53. The van der Waals surface area contributed by atoms with E-state index in [0.717, 1.165) is 24.7 Å². The molecule has 0 unspecified atom stereocenters. The number of allylic oxidation sites excluding steroid dienone is 2. The first-order valence-electron chi connectivity index (χ1n) is 13.2. The average molecular weight is 427 g/mol. The van der Waals surface area contributed by atoms with E-state index in [0.29, 0.717) is 35.4 Å². The number of aliphatic hydroxyl groups is 1. The van der Waals surface area contributed by atoms with Gasteiger partial charge in [-0.2, -0.15) is 0 Å². The number of ketones is 1. The predicted octanol–water partition coefficient (Wildman–Crippen LogP) is 7.12. The van der Waals surface area contributed by atoms with Crippen molar-refractivity contribution in [2.75, 3.05) is 0 Å². The maximum Gasteiger partial charge on any atom is 0.159 e. The van der Waals surface area contributed by atoms with Crippen LogP contribution in [0.1, 0.15) is 98.8 Å². The zero-order valence-electron chi connectivity index (χ0n) is 20.8. The molecule has 0 bridgehead atoms. The van der Waals surface area contributed by atoms with Gasteiger partial charge < -0.3 is 5.11 Å². The fourth-order valence-corrected chi connectivity index (χ4v) is 8.82. The van der Waals surface area contributed by atoms with E-state index in [1.165, 1.54) is 56.1 Å². The number of carbonyl (C=O) groups is 1. The van der Waals surface area contributed by atoms with Crippen molar-refractivity contribution >= 4 is 5.78 Å². The predicted molar refractivity (Wildman–Crippen MR) is 129 cm³/mol. The van der Waals surface area contributed by atoms with Crippen LogP contribution in [0.15, 0.2) is 23.8 Å². The van der Waals surface area contributed by atoms with Gasteiger partial charge in [-0.3, -0.25) is 4.79 Å². The van der Waals surface area contributed by atoms with Gasteiger partial charge >= 0.3 is 0 Å². The molecule has 0 aliphatic heterocycles. The van der Waals surface area contributed by atoms with E-state index < -0.39 is 0 Å². The molecule has 4 rings (SSSR count). The third kappa shape index (κ3) is 3.79. The Bertz CT molecular complexity index is 750. The monoisotopic (exact) mass is 426 g/mol. The van der Waals surface area contributed by atoms with Crippen LogP contribution in [-0.4, -0.2) is 17.0 Å². The first-order chi connectivity index (χ1) is 14.6. The number of aliphatic hydroxyl groups excluding tert-OH is 1. The van der Waals surface area contributed by atoms with Crippen LogP contribution in [0.4, 0.5) is 0 Å². The molecule has 0 heterocycles. The van der Waals surface area contributed by atoms with Crippen molar-refractivity contribution in [2.45, 2.75) is 105 Å². The molecule has 0 aromatic carbocycles. The van der Waals surface area contributed by atoms with Crippen LogP contribution in [0.2, 0.25) is 0 Å². The Morgan fingerprint density at radius 2 is 1.90 bits per heavy atom. The highest BCUT2D eigenvalue weighted by Crippen LogP contribution is 2.66. The van der Waals surface area contributed by atoms with Crippen molar-refractivity contribution in [3.8, 4) is 0 Å². The molecular formula is C29H46O2.